The summed E-state index contributed by atoms with van der Waals surface area (Å²) < 4.78 is 1.08. The van der Waals surface area contributed by atoms with Crippen molar-refractivity contribution in [1.29, 1.82) is 0 Å². The lowest BCUT2D eigenvalue weighted by Crippen LogP contribution is -2.04. The third-order valence-corrected chi connectivity index (χ3v) is 4.60. The van der Waals surface area contributed by atoms with Gasteiger partial charge < -0.3 is 5.32 Å². The average Bonchev–Trinajstić information content (AvgIpc) is 2.80. The minimum atomic E-state index is 0.741. The molecule has 2 heterocycles. The van der Waals surface area contributed by atoms with Crippen molar-refractivity contribution in [3.8, 4) is 0 Å². The molecule has 0 saturated heterocycles. The molecular weight excluding hydrogens is 346 g/mol. The molecule has 3 nitrogen and oxygen atoms in total. The van der Waals surface area contributed by atoms with Crippen LogP contribution in [0.1, 0.15) is 23.2 Å². The van der Waals surface area contributed by atoms with Gasteiger partial charge in [-0.25, -0.2) is 9.97 Å². The van der Waals surface area contributed by atoms with Crippen molar-refractivity contribution in [3.05, 3.63) is 51.1 Å². The minimum absolute atomic E-state index is 0.741. The van der Waals surface area contributed by atoms with E-state index in [0.29, 0.717) is 0 Å². The van der Waals surface area contributed by atoms with Gasteiger partial charge in [0.15, 0.2) is 0 Å². The van der Waals surface area contributed by atoms with Crippen LogP contribution in [0.3, 0.4) is 0 Å². The van der Waals surface area contributed by atoms with Crippen LogP contribution in [-0.4, -0.2) is 16.5 Å². The number of thiophene rings is 1. The van der Waals surface area contributed by atoms with Crippen LogP contribution in [-0.2, 0) is 6.42 Å². The number of benzene rings is 1. The molecule has 0 aliphatic carbocycles. The molecule has 0 saturated carbocycles. The van der Waals surface area contributed by atoms with E-state index in [1.165, 1.54) is 10.4 Å². The first kappa shape index (κ1) is 14.5. The molecule has 2 aromatic heterocycles. The van der Waals surface area contributed by atoms with Gasteiger partial charge in [-0.1, -0.05) is 28.1 Å². The van der Waals surface area contributed by atoms with Crippen molar-refractivity contribution in [2.75, 3.05) is 11.9 Å². The quantitative estimate of drug-likeness (QED) is 0.726. The van der Waals surface area contributed by atoms with E-state index in [4.69, 9.17) is 9.97 Å². The molecule has 0 atom stereocenters. The predicted molar refractivity (Wildman–Crippen MR) is 93.3 cm³/mol. The molecule has 108 valence electrons. The Hall–Kier alpha value is -1.46. The smallest absolute Gasteiger partial charge is 0.138 e. The molecule has 0 radical (unpaired) electrons. The summed E-state index contributed by atoms with van der Waals surface area (Å²) in [5, 5.41) is 4.47. The molecule has 0 aliphatic heterocycles. The zero-order valence-corrected chi connectivity index (χ0v) is 14.4. The van der Waals surface area contributed by atoms with Crippen molar-refractivity contribution < 1.29 is 0 Å². The van der Waals surface area contributed by atoms with Gasteiger partial charge in [0.05, 0.1) is 5.39 Å². The fourth-order valence-electron chi connectivity index (χ4n) is 2.30. The van der Waals surface area contributed by atoms with Crippen LogP contribution in [0.5, 0.6) is 0 Å². The van der Waals surface area contributed by atoms with Crippen LogP contribution in [0.2, 0.25) is 0 Å². The first-order valence-corrected chi connectivity index (χ1v) is 8.52. The lowest BCUT2D eigenvalue weighted by atomic mass is 10.1. The Bertz CT molecular complexity index is 782. The third-order valence-electron chi connectivity index (χ3n) is 3.16. The fourth-order valence-corrected chi connectivity index (χ4v) is 3.64. The van der Waals surface area contributed by atoms with E-state index in [2.05, 4.69) is 53.3 Å². The monoisotopic (exact) mass is 361 g/mol. The third kappa shape index (κ3) is 3.24. The van der Waals surface area contributed by atoms with E-state index in [0.717, 1.165) is 39.3 Å². The number of rotatable bonds is 4. The molecule has 3 aromatic rings. The van der Waals surface area contributed by atoms with Gasteiger partial charge in [-0.15, -0.1) is 11.3 Å². The number of aromatic nitrogens is 2. The molecule has 21 heavy (non-hydrogen) atoms. The van der Waals surface area contributed by atoms with E-state index in [-0.39, 0.29) is 0 Å². The zero-order chi connectivity index (χ0) is 14.8. The Labute approximate surface area is 136 Å². The van der Waals surface area contributed by atoms with Crippen molar-refractivity contribution in [2.45, 2.75) is 20.3 Å². The summed E-state index contributed by atoms with van der Waals surface area (Å²) in [7, 11) is 0. The van der Waals surface area contributed by atoms with Crippen LogP contribution in [0.4, 0.5) is 5.82 Å². The summed E-state index contributed by atoms with van der Waals surface area (Å²) in [5.41, 5.74) is 1.21. The second-order valence-corrected chi connectivity index (χ2v) is 7.05. The summed E-state index contributed by atoms with van der Waals surface area (Å²) in [6, 6.07) is 10.4. The van der Waals surface area contributed by atoms with Gasteiger partial charge in [0, 0.05) is 22.3 Å². The van der Waals surface area contributed by atoms with E-state index in [9.17, 15) is 0 Å². The molecule has 1 N–H and O–H groups in total. The van der Waals surface area contributed by atoms with Crippen molar-refractivity contribution in [2.24, 2.45) is 0 Å². The highest BCUT2D eigenvalue weighted by Gasteiger charge is 2.10. The maximum atomic E-state index is 4.72. The zero-order valence-electron chi connectivity index (χ0n) is 12.0. The molecule has 0 unspecified atom stereocenters. The number of hydrogen-bond donors (Lipinski definition) is 1. The van der Waals surface area contributed by atoms with Crippen LogP contribution in [0.25, 0.3) is 10.2 Å². The molecule has 0 aliphatic rings. The maximum Gasteiger partial charge on any atom is 0.138 e. The molecule has 0 fully saturated rings. The van der Waals surface area contributed by atoms with E-state index in [1.54, 1.807) is 11.3 Å². The summed E-state index contributed by atoms with van der Waals surface area (Å²) >= 11 is 5.23. The Balaban J connectivity index is 2.02. The van der Waals surface area contributed by atoms with Crippen molar-refractivity contribution >= 4 is 43.3 Å². The highest BCUT2D eigenvalue weighted by atomic mass is 79.9. The first-order valence-electron chi connectivity index (χ1n) is 6.91. The van der Waals surface area contributed by atoms with Gasteiger partial charge in [-0.05, 0) is 37.6 Å². The molecular formula is C16H16BrN3S. The standard InChI is InChI=1S/C16H16BrN3S/c1-3-18-15-13-7-10(2)21-16(13)20-14(19-15)9-11-5-4-6-12(17)8-11/h4-8H,3,9H2,1-2H3,(H,18,19,20). The minimum Gasteiger partial charge on any atom is -0.370 e. The highest BCUT2D eigenvalue weighted by Crippen LogP contribution is 2.29. The number of fused-ring (bicyclic) bond motifs is 1. The second kappa shape index (κ2) is 6.12. The number of anilines is 1. The summed E-state index contributed by atoms with van der Waals surface area (Å²) in [6.45, 7) is 5.05. The summed E-state index contributed by atoms with van der Waals surface area (Å²) in [5.74, 6) is 1.80. The van der Waals surface area contributed by atoms with E-state index in [1.807, 2.05) is 12.1 Å². The van der Waals surface area contributed by atoms with Gasteiger partial charge in [0.25, 0.3) is 0 Å². The topological polar surface area (TPSA) is 37.8 Å². The number of halogens is 1. The lowest BCUT2D eigenvalue weighted by Gasteiger charge is -2.07. The summed E-state index contributed by atoms with van der Waals surface area (Å²) in [4.78, 5) is 11.7. The lowest BCUT2D eigenvalue weighted by molar-refractivity contribution is 0.989. The fraction of sp³-hybridized carbons (Fsp3) is 0.250. The van der Waals surface area contributed by atoms with Gasteiger partial charge in [0.1, 0.15) is 16.5 Å². The molecule has 0 bridgehead atoms. The van der Waals surface area contributed by atoms with Crippen LogP contribution in [0.15, 0.2) is 34.8 Å². The predicted octanol–water partition coefficient (Wildman–Crippen LogP) is 4.78. The van der Waals surface area contributed by atoms with Gasteiger partial charge in [-0.2, -0.15) is 0 Å². The Morgan fingerprint density at radius 2 is 2.10 bits per heavy atom. The molecule has 0 amide bonds. The molecule has 1 aromatic carbocycles. The molecule has 3 rings (SSSR count). The van der Waals surface area contributed by atoms with E-state index < -0.39 is 0 Å². The number of hydrogen-bond acceptors (Lipinski definition) is 4. The van der Waals surface area contributed by atoms with Crippen LogP contribution < -0.4 is 5.32 Å². The van der Waals surface area contributed by atoms with E-state index >= 15 is 0 Å². The Morgan fingerprint density at radius 1 is 1.24 bits per heavy atom. The van der Waals surface area contributed by atoms with Crippen LogP contribution >= 0.6 is 27.3 Å². The van der Waals surface area contributed by atoms with Gasteiger partial charge in [-0.3, -0.25) is 0 Å². The van der Waals surface area contributed by atoms with Crippen molar-refractivity contribution in [3.63, 3.8) is 0 Å². The normalized spacial score (nSPS) is 11.0. The number of aryl methyl sites for hydroxylation is 1. The highest BCUT2D eigenvalue weighted by molar-refractivity contribution is 9.10. The largest absolute Gasteiger partial charge is 0.370 e. The molecule has 0 spiro atoms. The first-order chi connectivity index (χ1) is 10.2. The SMILES string of the molecule is CCNc1nc(Cc2cccc(Br)c2)nc2sc(C)cc12. The number of nitrogens with zero attached hydrogens (tertiary/aromatic N) is 2. The van der Waals surface area contributed by atoms with Crippen LogP contribution in [0, 0.1) is 6.92 Å². The van der Waals surface area contributed by atoms with Gasteiger partial charge in [0.2, 0.25) is 0 Å². The van der Waals surface area contributed by atoms with Crippen molar-refractivity contribution in [1.82, 2.24) is 9.97 Å². The Kier molecular flexibility index (Phi) is 4.22. The number of nitrogens with one attached hydrogen (secondary N) is 1. The Morgan fingerprint density at radius 3 is 2.86 bits per heavy atom. The second-order valence-electron chi connectivity index (χ2n) is 4.90. The average molecular weight is 362 g/mol. The maximum absolute atomic E-state index is 4.72. The summed E-state index contributed by atoms with van der Waals surface area (Å²) in [6.07, 6.45) is 0.741. The molecule has 5 heteroatoms. The van der Waals surface area contributed by atoms with Gasteiger partial charge >= 0.3 is 0 Å².